The zero-order chi connectivity index (χ0) is 22.5. The van der Waals surface area contributed by atoms with Crippen LogP contribution in [0.15, 0.2) is 54.7 Å². The van der Waals surface area contributed by atoms with Crippen molar-refractivity contribution < 1.29 is 9.84 Å². The summed E-state index contributed by atoms with van der Waals surface area (Å²) in [5, 5.41) is 14.9. The second-order valence-corrected chi connectivity index (χ2v) is 7.23. The van der Waals surface area contributed by atoms with Crippen molar-refractivity contribution in [2.45, 2.75) is 32.9 Å². The molecule has 0 saturated carbocycles. The monoisotopic (exact) mass is 427 g/mol. The lowest BCUT2D eigenvalue weighted by Crippen LogP contribution is -2.11. The third-order valence-corrected chi connectivity index (χ3v) is 5.07. The molecule has 0 aliphatic rings. The van der Waals surface area contributed by atoms with Crippen LogP contribution in [0.2, 0.25) is 0 Å². The van der Waals surface area contributed by atoms with Crippen LogP contribution in [0.5, 0.6) is 5.75 Å². The number of hydrogen-bond acceptors (Lipinski definition) is 6. The highest BCUT2D eigenvalue weighted by Crippen LogP contribution is 2.33. The molecular formula is C25H25N5O2. The minimum absolute atomic E-state index is 0.137. The molecule has 162 valence electrons. The molecule has 3 N–H and O–H groups in total. The molecule has 0 aliphatic carbocycles. The van der Waals surface area contributed by atoms with Gasteiger partial charge in [-0.25, -0.2) is 9.67 Å². The van der Waals surface area contributed by atoms with E-state index >= 15 is 0 Å². The normalized spacial score (nSPS) is 11.8. The fourth-order valence-corrected chi connectivity index (χ4v) is 3.51. The first-order chi connectivity index (χ1) is 15.6. The molecule has 7 heteroatoms. The number of aliphatic hydroxyl groups excluding tert-OH is 1. The number of ether oxygens (including phenoxy) is 1. The Kier molecular flexibility index (Phi) is 6.45. The Balaban J connectivity index is 1.84. The van der Waals surface area contributed by atoms with Crippen LogP contribution in [-0.4, -0.2) is 31.5 Å². The molecule has 0 spiro atoms. The van der Waals surface area contributed by atoms with Crippen molar-refractivity contribution >= 4 is 10.9 Å². The van der Waals surface area contributed by atoms with Crippen molar-refractivity contribution in [3.8, 4) is 34.7 Å². The van der Waals surface area contributed by atoms with Crippen LogP contribution in [-0.2, 0) is 6.61 Å². The van der Waals surface area contributed by atoms with Crippen molar-refractivity contribution in [2.24, 2.45) is 5.73 Å². The number of rotatable bonds is 7. The molecule has 0 bridgehead atoms. The molecule has 4 aromatic rings. The summed E-state index contributed by atoms with van der Waals surface area (Å²) in [6.45, 7) is 4.13. The molecule has 0 radical (unpaired) electrons. The number of hydrogen-bond donors (Lipinski definition) is 2. The lowest BCUT2D eigenvalue weighted by Gasteiger charge is -2.12. The third-order valence-electron chi connectivity index (χ3n) is 5.07. The van der Waals surface area contributed by atoms with E-state index in [1.165, 1.54) is 0 Å². The van der Waals surface area contributed by atoms with Gasteiger partial charge in [0.1, 0.15) is 5.75 Å². The quantitative estimate of drug-likeness (QED) is 0.436. The minimum Gasteiger partial charge on any atom is -0.493 e. The van der Waals surface area contributed by atoms with E-state index in [2.05, 4.69) is 21.9 Å². The van der Waals surface area contributed by atoms with Crippen molar-refractivity contribution in [3.63, 3.8) is 0 Å². The van der Waals surface area contributed by atoms with Crippen LogP contribution in [0.3, 0.4) is 0 Å². The molecule has 7 nitrogen and oxygen atoms in total. The van der Waals surface area contributed by atoms with Gasteiger partial charge in [-0.3, -0.25) is 4.98 Å². The van der Waals surface area contributed by atoms with Crippen molar-refractivity contribution in [2.75, 3.05) is 6.61 Å². The Bertz CT molecular complexity index is 1300. The van der Waals surface area contributed by atoms with Gasteiger partial charge in [0.15, 0.2) is 5.82 Å². The fraction of sp³-hybridized carbons (Fsp3) is 0.240. The summed E-state index contributed by atoms with van der Waals surface area (Å²) in [5.41, 5.74) is 10.1. The summed E-state index contributed by atoms with van der Waals surface area (Å²) in [6.07, 6.45) is 2.32. The predicted octanol–water partition coefficient (Wildman–Crippen LogP) is 3.79. The van der Waals surface area contributed by atoms with E-state index in [0.717, 1.165) is 33.6 Å². The van der Waals surface area contributed by atoms with Gasteiger partial charge in [-0.15, -0.1) is 11.8 Å². The second kappa shape index (κ2) is 9.60. The van der Waals surface area contributed by atoms with Crippen molar-refractivity contribution in [3.05, 3.63) is 66.1 Å². The van der Waals surface area contributed by atoms with E-state index in [-0.39, 0.29) is 12.6 Å². The molecule has 4 rings (SSSR count). The van der Waals surface area contributed by atoms with Gasteiger partial charge in [0.25, 0.3) is 0 Å². The summed E-state index contributed by atoms with van der Waals surface area (Å²) in [7, 11) is 0. The van der Waals surface area contributed by atoms with E-state index in [0.29, 0.717) is 24.5 Å². The number of pyridine rings is 2. The molecule has 3 heterocycles. The maximum absolute atomic E-state index is 9.47. The van der Waals surface area contributed by atoms with E-state index in [1.807, 2.05) is 49.4 Å². The number of benzene rings is 1. The van der Waals surface area contributed by atoms with E-state index in [4.69, 9.17) is 15.5 Å². The molecule has 0 amide bonds. The van der Waals surface area contributed by atoms with Crippen LogP contribution in [0, 0.1) is 11.8 Å². The van der Waals surface area contributed by atoms with Gasteiger partial charge in [-0.2, -0.15) is 5.10 Å². The predicted molar refractivity (Wildman–Crippen MR) is 124 cm³/mol. The molecule has 1 unspecified atom stereocenters. The topological polar surface area (TPSA) is 99.1 Å². The summed E-state index contributed by atoms with van der Waals surface area (Å²) in [6, 6.07) is 15.0. The van der Waals surface area contributed by atoms with Crippen LogP contribution in [0.4, 0.5) is 0 Å². The van der Waals surface area contributed by atoms with Crippen LogP contribution in [0.25, 0.3) is 28.0 Å². The van der Waals surface area contributed by atoms with Gasteiger partial charge in [0.05, 0.1) is 53.4 Å². The molecule has 0 aliphatic heterocycles. The van der Waals surface area contributed by atoms with Crippen molar-refractivity contribution in [1.29, 1.82) is 0 Å². The van der Waals surface area contributed by atoms with Gasteiger partial charge < -0.3 is 15.6 Å². The third kappa shape index (κ3) is 4.33. The molecule has 1 aromatic carbocycles. The number of nitrogens with two attached hydrogens (primary N) is 1. The zero-order valence-corrected chi connectivity index (χ0v) is 18.1. The number of fused-ring (bicyclic) bond motifs is 1. The van der Waals surface area contributed by atoms with Gasteiger partial charge in [-0.1, -0.05) is 12.1 Å². The molecular weight excluding hydrogens is 402 g/mol. The highest BCUT2D eigenvalue weighted by molar-refractivity contribution is 5.90. The molecule has 3 aromatic heterocycles. The number of nitrogens with zero attached hydrogens (tertiary/aromatic N) is 4. The molecule has 1 atom stereocenters. The Morgan fingerprint density at radius 1 is 1.16 bits per heavy atom. The lowest BCUT2D eigenvalue weighted by atomic mass is 10.1. The van der Waals surface area contributed by atoms with Crippen LogP contribution >= 0.6 is 0 Å². The van der Waals surface area contributed by atoms with Crippen LogP contribution in [0.1, 0.15) is 37.7 Å². The first kappa shape index (κ1) is 21.5. The number of aliphatic hydroxyl groups is 1. The highest BCUT2D eigenvalue weighted by atomic mass is 16.5. The summed E-state index contributed by atoms with van der Waals surface area (Å²) < 4.78 is 7.66. The van der Waals surface area contributed by atoms with E-state index in [9.17, 15) is 5.11 Å². The Morgan fingerprint density at radius 3 is 2.78 bits per heavy atom. The largest absolute Gasteiger partial charge is 0.493 e. The highest BCUT2D eigenvalue weighted by Gasteiger charge is 2.15. The van der Waals surface area contributed by atoms with Gasteiger partial charge in [-0.05, 0) is 50.2 Å². The van der Waals surface area contributed by atoms with E-state index in [1.54, 1.807) is 23.9 Å². The van der Waals surface area contributed by atoms with E-state index < -0.39 is 0 Å². The Labute approximate surface area is 186 Å². The SMILES string of the molecule is CC#CCC(N)c1cccc(-c2cc(OCC)c3cnn(-c4cccc(CO)n4)c3c2)n1. The maximum atomic E-state index is 9.47. The summed E-state index contributed by atoms with van der Waals surface area (Å²) in [5.74, 6) is 7.23. The average Bonchev–Trinajstić information content (AvgIpc) is 3.27. The Hall–Kier alpha value is -3.73. The zero-order valence-electron chi connectivity index (χ0n) is 18.1. The van der Waals surface area contributed by atoms with Gasteiger partial charge >= 0.3 is 0 Å². The minimum atomic E-state index is -0.256. The van der Waals surface area contributed by atoms with Gasteiger partial charge in [0, 0.05) is 12.0 Å². The summed E-state index contributed by atoms with van der Waals surface area (Å²) >= 11 is 0. The standard InChI is InChI=1S/C25H25N5O2/c1-3-5-9-20(26)22-11-7-10-21(29-22)17-13-23-19(24(14-17)32-4-2)15-27-30(23)25-12-6-8-18(16-31)28-25/h6-8,10-15,20,31H,4,9,16,26H2,1-2H3. The Morgan fingerprint density at radius 2 is 2.00 bits per heavy atom. The van der Waals surface area contributed by atoms with Gasteiger partial charge in [0.2, 0.25) is 0 Å². The second-order valence-electron chi connectivity index (χ2n) is 7.23. The maximum Gasteiger partial charge on any atom is 0.154 e. The summed E-state index contributed by atoms with van der Waals surface area (Å²) in [4.78, 5) is 9.28. The van der Waals surface area contributed by atoms with Crippen LogP contribution < -0.4 is 10.5 Å². The molecule has 32 heavy (non-hydrogen) atoms. The van der Waals surface area contributed by atoms with Crippen molar-refractivity contribution in [1.82, 2.24) is 19.7 Å². The average molecular weight is 428 g/mol. The number of aromatic nitrogens is 4. The molecule has 0 saturated heterocycles. The molecule has 0 fully saturated rings. The fourth-order valence-electron chi connectivity index (χ4n) is 3.51. The lowest BCUT2D eigenvalue weighted by molar-refractivity contribution is 0.276. The smallest absolute Gasteiger partial charge is 0.154 e. The first-order valence-corrected chi connectivity index (χ1v) is 10.5. The first-order valence-electron chi connectivity index (χ1n) is 10.5.